The van der Waals surface area contributed by atoms with Crippen LogP contribution in [0.15, 0.2) is 41.2 Å². The predicted molar refractivity (Wildman–Crippen MR) is 78.0 cm³/mol. The molecule has 1 aromatic heterocycles. The van der Waals surface area contributed by atoms with E-state index in [1.54, 1.807) is 0 Å². The average molecular weight is 316 g/mol. The highest BCUT2D eigenvalue weighted by atomic mass is 19.1. The van der Waals surface area contributed by atoms with E-state index >= 15 is 0 Å². The topological polar surface area (TPSA) is 95.2 Å². The van der Waals surface area contributed by atoms with Crippen molar-refractivity contribution in [2.24, 2.45) is 0 Å². The molecule has 1 aromatic carbocycles. The van der Waals surface area contributed by atoms with Crippen LogP contribution in [0.5, 0.6) is 0 Å². The number of hydrogen-bond acceptors (Lipinski definition) is 4. The van der Waals surface area contributed by atoms with Gasteiger partial charge in [-0.1, -0.05) is 12.1 Å². The van der Waals surface area contributed by atoms with E-state index < -0.39 is 23.3 Å². The Morgan fingerprint density at radius 3 is 2.57 bits per heavy atom. The summed E-state index contributed by atoms with van der Waals surface area (Å²) in [5.41, 5.74) is 0.112. The van der Waals surface area contributed by atoms with E-state index in [0.717, 1.165) is 0 Å². The van der Waals surface area contributed by atoms with Gasteiger partial charge in [0.25, 0.3) is 11.5 Å². The molecule has 0 spiro atoms. The molecule has 7 nitrogen and oxygen atoms in total. The van der Waals surface area contributed by atoms with E-state index in [9.17, 15) is 18.8 Å². The van der Waals surface area contributed by atoms with Crippen molar-refractivity contribution in [3.05, 3.63) is 63.8 Å². The zero-order valence-electron chi connectivity index (χ0n) is 12.0. The van der Waals surface area contributed by atoms with Gasteiger partial charge in [0.05, 0.1) is 0 Å². The molecule has 2 aromatic rings. The maximum absolute atomic E-state index is 13.1. The third kappa shape index (κ3) is 2.96. The van der Waals surface area contributed by atoms with Gasteiger partial charge < -0.3 is 10.2 Å². The van der Waals surface area contributed by atoms with Gasteiger partial charge in [-0.3, -0.25) is 14.4 Å². The number of carbonyl (C=O) groups excluding carboxylic acids is 2. The van der Waals surface area contributed by atoms with Crippen molar-refractivity contribution in [2.45, 2.75) is 6.04 Å². The smallest absolute Gasteiger partial charge is 0.275 e. The van der Waals surface area contributed by atoms with Crippen LogP contribution in [0.1, 0.15) is 22.1 Å². The summed E-state index contributed by atoms with van der Waals surface area (Å²) < 4.78 is 13.1. The summed E-state index contributed by atoms with van der Waals surface area (Å²) in [5, 5.41) is 8.58. The quantitative estimate of drug-likeness (QED) is 0.829. The first-order valence-corrected chi connectivity index (χ1v) is 6.96. The van der Waals surface area contributed by atoms with E-state index in [0.29, 0.717) is 12.1 Å². The fourth-order valence-electron chi connectivity index (χ4n) is 2.47. The average Bonchev–Trinajstić information content (AvgIpc) is 2.56. The van der Waals surface area contributed by atoms with Crippen molar-refractivity contribution in [3.63, 3.8) is 0 Å². The molecule has 0 saturated carbocycles. The summed E-state index contributed by atoms with van der Waals surface area (Å²) in [5.74, 6) is -1.25. The van der Waals surface area contributed by atoms with Gasteiger partial charge in [0.2, 0.25) is 5.91 Å². The maximum Gasteiger partial charge on any atom is 0.275 e. The Morgan fingerprint density at radius 1 is 1.17 bits per heavy atom. The normalized spacial score (nSPS) is 17.7. The number of nitrogens with zero attached hydrogens (tertiary/aromatic N) is 2. The highest BCUT2D eigenvalue weighted by molar-refractivity contribution is 5.97. The van der Waals surface area contributed by atoms with Crippen LogP contribution in [0.2, 0.25) is 0 Å². The maximum atomic E-state index is 13.1. The number of halogens is 1. The number of amides is 2. The molecule has 3 rings (SSSR count). The summed E-state index contributed by atoms with van der Waals surface area (Å²) in [6.45, 7) is 0.596. The van der Waals surface area contributed by atoms with E-state index in [4.69, 9.17) is 0 Å². The number of aromatic nitrogens is 2. The Bertz CT molecular complexity index is 783. The lowest BCUT2D eigenvalue weighted by molar-refractivity contribution is -0.128. The lowest BCUT2D eigenvalue weighted by atomic mass is 10.0. The summed E-state index contributed by atoms with van der Waals surface area (Å²) in [6, 6.07) is 7.02. The Morgan fingerprint density at radius 2 is 1.91 bits per heavy atom. The van der Waals surface area contributed by atoms with Crippen LogP contribution in [-0.4, -0.2) is 40.0 Å². The van der Waals surface area contributed by atoms with Crippen molar-refractivity contribution < 1.29 is 14.0 Å². The van der Waals surface area contributed by atoms with Gasteiger partial charge in [-0.15, -0.1) is 0 Å². The first-order valence-electron chi connectivity index (χ1n) is 6.96. The van der Waals surface area contributed by atoms with Crippen LogP contribution < -0.4 is 10.9 Å². The van der Waals surface area contributed by atoms with Gasteiger partial charge >= 0.3 is 0 Å². The second-order valence-corrected chi connectivity index (χ2v) is 5.05. The first-order chi connectivity index (χ1) is 11.1. The number of nitrogens with one attached hydrogen (secondary N) is 2. The number of rotatable bonds is 2. The van der Waals surface area contributed by atoms with Crippen molar-refractivity contribution in [2.75, 3.05) is 13.1 Å². The molecule has 0 radical (unpaired) electrons. The van der Waals surface area contributed by atoms with E-state index in [-0.39, 0.29) is 18.1 Å². The van der Waals surface area contributed by atoms with Gasteiger partial charge in [0.15, 0.2) is 0 Å². The molecule has 2 amide bonds. The van der Waals surface area contributed by atoms with Crippen LogP contribution in [0.25, 0.3) is 0 Å². The highest BCUT2D eigenvalue weighted by Gasteiger charge is 2.35. The monoisotopic (exact) mass is 316 g/mol. The number of piperazine rings is 1. The van der Waals surface area contributed by atoms with Crippen LogP contribution in [0, 0.1) is 5.82 Å². The van der Waals surface area contributed by atoms with E-state index in [1.807, 2.05) is 0 Å². The van der Waals surface area contributed by atoms with E-state index in [1.165, 1.54) is 41.3 Å². The predicted octanol–water partition coefficient (Wildman–Crippen LogP) is 0.222. The Labute approximate surface area is 130 Å². The molecular formula is C15H13FN4O3. The third-order valence-corrected chi connectivity index (χ3v) is 3.56. The minimum Gasteiger partial charge on any atom is -0.352 e. The van der Waals surface area contributed by atoms with Gasteiger partial charge in [-0.2, -0.15) is 5.10 Å². The van der Waals surface area contributed by atoms with Crippen molar-refractivity contribution in [1.82, 2.24) is 20.4 Å². The molecule has 2 heterocycles. The molecule has 1 unspecified atom stereocenters. The SMILES string of the molecule is O=C1NCCN(C(=O)c2ccc(=O)[nH]n2)C1c1ccc(F)cc1. The molecule has 1 aliphatic rings. The molecular weight excluding hydrogens is 303 g/mol. The molecule has 0 bridgehead atoms. The van der Waals surface area contributed by atoms with Crippen LogP contribution in [0.3, 0.4) is 0 Å². The first kappa shape index (κ1) is 14.9. The number of hydrogen-bond donors (Lipinski definition) is 2. The third-order valence-electron chi connectivity index (χ3n) is 3.56. The Kier molecular flexibility index (Phi) is 3.88. The zero-order valence-corrected chi connectivity index (χ0v) is 12.0. The molecule has 23 heavy (non-hydrogen) atoms. The summed E-state index contributed by atoms with van der Waals surface area (Å²) >= 11 is 0. The van der Waals surface area contributed by atoms with Gasteiger partial charge in [-0.05, 0) is 23.8 Å². The van der Waals surface area contributed by atoms with Crippen LogP contribution in [0.4, 0.5) is 4.39 Å². The van der Waals surface area contributed by atoms with Crippen molar-refractivity contribution in [1.29, 1.82) is 0 Å². The minimum atomic E-state index is -0.870. The second kappa shape index (κ2) is 5.99. The van der Waals surface area contributed by atoms with Gasteiger partial charge in [0.1, 0.15) is 17.6 Å². The fourth-order valence-corrected chi connectivity index (χ4v) is 2.47. The summed E-state index contributed by atoms with van der Waals surface area (Å²) in [6.07, 6.45) is 0. The number of benzene rings is 1. The van der Waals surface area contributed by atoms with Crippen molar-refractivity contribution in [3.8, 4) is 0 Å². The Hall–Kier alpha value is -3.03. The zero-order chi connectivity index (χ0) is 16.4. The van der Waals surface area contributed by atoms with Gasteiger partial charge in [0, 0.05) is 19.2 Å². The molecule has 118 valence electrons. The largest absolute Gasteiger partial charge is 0.352 e. The Balaban J connectivity index is 1.95. The van der Waals surface area contributed by atoms with Crippen LogP contribution >= 0.6 is 0 Å². The molecule has 0 aliphatic carbocycles. The molecule has 2 N–H and O–H groups in total. The lowest BCUT2D eigenvalue weighted by Crippen LogP contribution is -2.52. The molecule has 1 saturated heterocycles. The molecule has 1 atom stereocenters. The molecule has 8 heteroatoms. The summed E-state index contributed by atoms with van der Waals surface area (Å²) in [7, 11) is 0. The molecule has 1 fully saturated rings. The lowest BCUT2D eigenvalue weighted by Gasteiger charge is -2.35. The highest BCUT2D eigenvalue weighted by Crippen LogP contribution is 2.24. The summed E-state index contributed by atoms with van der Waals surface area (Å²) in [4.78, 5) is 37.2. The fraction of sp³-hybridized carbons (Fsp3) is 0.200. The standard InChI is InChI=1S/C15H13FN4O3/c16-10-3-1-9(2-4-10)13-14(22)17-7-8-20(13)15(23)11-5-6-12(21)19-18-11/h1-6,13H,7-8H2,(H,17,22)(H,19,21). The van der Waals surface area contributed by atoms with E-state index in [2.05, 4.69) is 15.5 Å². The van der Waals surface area contributed by atoms with Crippen molar-refractivity contribution >= 4 is 11.8 Å². The van der Waals surface area contributed by atoms with Crippen LogP contribution in [-0.2, 0) is 4.79 Å². The number of H-pyrrole nitrogens is 1. The minimum absolute atomic E-state index is 0.0337. The number of carbonyl (C=O) groups is 2. The van der Waals surface area contributed by atoms with Gasteiger partial charge in [-0.25, -0.2) is 9.49 Å². The number of aromatic amines is 1. The second-order valence-electron chi connectivity index (χ2n) is 5.05. The molecule has 1 aliphatic heterocycles.